The summed E-state index contributed by atoms with van der Waals surface area (Å²) in [5, 5.41) is 0. The molecule has 0 heterocycles. The number of nitrogens with one attached hydrogen (secondary N) is 1. The molecular weight excluding hydrogens is 321 g/mol. The van der Waals surface area contributed by atoms with Crippen molar-refractivity contribution in [3.05, 3.63) is 28.0 Å². The van der Waals surface area contributed by atoms with Gasteiger partial charge in [-0.1, -0.05) is 22.9 Å². The van der Waals surface area contributed by atoms with Gasteiger partial charge in [-0.2, -0.15) is 0 Å². The second kappa shape index (κ2) is 5.44. The Kier molecular flexibility index (Phi) is 4.73. The van der Waals surface area contributed by atoms with Crippen molar-refractivity contribution < 1.29 is 12.8 Å². The van der Waals surface area contributed by atoms with Gasteiger partial charge in [0.15, 0.2) is 0 Å². The van der Waals surface area contributed by atoms with Gasteiger partial charge in [-0.3, -0.25) is 0 Å². The van der Waals surface area contributed by atoms with Crippen molar-refractivity contribution in [2.24, 2.45) is 0 Å². The van der Waals surface area contributed by atoms with Crippen LogP contribution in [0.4, 0.5) is 4.39 Å². The Hall–Kier alpha value is -0.170. The van der Waals surface area contributed by atoms with E-state index < -0.39 is 15.8 Å². The van der Waals surface area contributed by atoms with Gasteiger partial charge in [0.2, 0.25) is 10.0 Å². The van der Waals surface area contributed by atoms with Gasteiger partial charge < -0.3 is 0 Å². The Balaban J connectivity index is 3.39. The predicted molar refractivity (Wildman–Crippen MR) is 64.5 cm³/mol. The van der Waals surface area contributed by atoms with Gasteiger partial charge in [0.05, 0.1) is 5.88 Å². The number of benzene rings is 1. The van der Waals surface area contributed by atoms with Crippen LogP contribution in [0, 0.1) is 5.82 Å². The molecule has 0 spiro atoms. The van der Waals surface area contributed by atoms with Gasteiger partial charge in [0, 0.05) is 16.6 Å². The molecule has 90 valence electrons. The highest BCUT2D eigenvalue weighted by Gasteiger charge is 2.21. The van der Waals surface area contributed by atoms with Crippen LogP contribution in [-0.2, 0) is 15.9 Å². The fourth-order valence-corrected chi connectivity index (χ4v) is 3.21. The molecule has 0 aliphatic rings. The third-order valence-electron chi connectivity index (χ3n) is 1.85. The summed E-state index contributed by atoms with van der Waals surface area (Å²) < 4.78 is 39.8. The van der Waals surface area contributed by atoms with Gasteiger partial charge in [0.25, 0.3) is 0 Å². The maximum absolute atomic E-state index is 13.7. The highest BCUT2D eigenvalue weighted by atomic mass is 79.9. The zero-order valence-electron chi connectivity index (χ0n) is 8.43. The van der Waals surface area contributed by atoms with Gasteiger partial charge in [0.1, 0.15) is 10.7 Å². The molecule has 3 nitrogen and oxygen atoms in total. The van der Waals surface area contributed by atoms with E-state index in [1.807, 2.05) is 0 Å². The van der Waals surface area contributed by atoms with E-state index in [0.717, 1.165) is 0 Å². The smallest absolute Gasteiger partial charge is 0.211 e. The quantitative estimate of drug-likeness (QED) is 0.863. The summed E-state index contributed by atoms with van der Waals surface area (Å²) in [5.41, 5.74) is 0.146. The zero-order chi connectivity index (χ0) is 12.3. The van der Waals surface area contributed by atoms with Crippen LogP contribution in [0.3, 0.4) is 0 Å². The van der Waals surface area contributed by atoms with E-state index in [1.165, 1.54) is 12.1 Å². The molecule has 0 saturated carbocycles. The van der Waals surface area contributed by atoms with Crippen LogP contribution in [0.15, 0.2) is 21.5 Å². The molecule has 0 amide bonds. The van der Waals surface area contributed by atoms with Crippen LogP contribution in [0.2, 0.25) is 0 Å². The highest BCUT2D eigenvalue weighted by Crippen LogP contribution is 2.24. The summed E-state index contributed by atoms with van der Waals surface area (Å²) in [6.45, 7) is 1.82. The molecule has 0 atom stereocenters. The molecule has 0 radical (unpaired) electrons. The monoisotopic (exact) mass is 329 g/mol. The van der Waals surface area contributed by atoms with Crippen molar-refractivity contribution >= 4 is 37.6 Å². The van der Waals surface area contributed by atoms with E-state index in [0.29, 0.717) is 4.47 Å². The summed E-state index contributed by atoms with van der Waals surface area (Å²) in [4.78, 5) is -0.389. The molecule has 1 aromatic rings. The van der Waals surface area contributed by atoms with Crippen molar-refractivity contribution in [3.8, 4) is 0 Å². The molecule has 0 fully saturated rings. The number of hydrogen-bond acceptors (Lipinski definition) is 2. The van der Waals surface area contributed by atoms with Gasteiger partial charge >= 0.3 is 0 Å². The lowest BCUT2D eigenvalue weighted by atomic mass is 10.2. The molecule has 0 aliphatic heterocycles. The average Bonchev–Trinajstić information content (AvgIpc) is 2.20. The van der Waals surface area contributed by atoms with Crippen LogP contribution in [0.25, 0.3) is 0 Å². The Morgan fingerprint density at radius 2 is 2.12 bits per heavy atom. The molecule has 1 aromatic carbocycles. The second-order valence-electron chi connectivity index (χ2n) is 3.01. The molecule has 0 aliphatic carbocycles. The fourth-order valence-electron chi connectivity index (χ4n) is 1.18. The Bertz CT molecular complexity index is 493. The number of halogens is 3. The standard InChI is InChI=1S/C9H10BrClFNO2S/c1-2-13-16(14,15)8-4-7(10)3-6(5-11)9(8)12/h3-4,13H,2,5H2,1H3. The van der Waals surface area contributed by atoms with Crippen molar-refractivity contribution in [2.45, 2.75) is 17.7 Å². The van der Waals surface area contributed by atoms with Crippen molar-refractivity contribution in [1.82, 2.24) is 4.72 Å². The van der Waals surface area contributed by atoms with Crippen molar-refractivity contribution in [2.75, 3.05) is 6.54 Å². The van der Waals surface area contributed by atoms with E-state index in [9.17, 15) is 12.8 Å². The van der Waals surface area contributed by atoms with Crippen LogP contribution >= 0.6 is 27.5 Å². The van der Waals surface area contributed by atoms with E-state index in [1.54, 1.807) is 6.92 Å². The first-order chi connectivity index (χ1) is 7.42. The second-order valence-corrected chi connectivity index (χ2v) is 5.93. The average molecular weight is 331 g/mol. The van der Waals surface area contributed by atoms with Crippen molar-refractivity contribution in [3.63, 3.8) is 0 Å². The molecule has 16 heavy (non-hydrogen) atoms. The third kappa shape index (κ3) is 2.94. The normalized spacial score (nSPS) is 11.8. The Labute approximate surface area is 107 Å². The van der Waals surface area contributed by atoms with Crippen molar-refractivity contribution in [1.29, 1.82) is 0 Å². The number of alkyl halides is 1. The molecule has 1 rings (SSSR count). The lowest BCUT2D eigenvalue weighted by Gasteiger charge is -2.09. The molecule has 0 saturated heterocycles. The number of rotatable bonds is 4. The molecule has 0 unspecified atom stereocenters. The summed E-state index contributed by atoms with van der Waals surface area (Å²) in [6, 6.07) is 2.66. The minimum absolute atomic E-state index is 0.0834. The van der Waals surface area contributed by atoms with Crippen LogP contribution in [0.5, 0.6) is 0 Å². The maximum atomic E-state index is 13.7. The van der Waals surface area contributed by atoms with Crippen LogP contribution < -0.4 is 4.72 Å². The zero-order valence-corrected chi connectivity index (χ0v) is 11.6. The molecule has 7 heteroatoms. The number of sulfonamides is 1. The minimum atomic E-state index is -3.81. The lowest BCUT2D eigenvalue weighted by Crippen LogP contribution is -2.24. The molecule has 0 aromatic heterocycles. The first-order valence-electron chi connectivity index (χ1n) is 4.46. The predicted octanol–water partition coefficient (Wildman–Crippen LogP) is 2.63. The minimum Gasteiger partial charge on any atom is -0.211 e. The van der Waals surface area contributed by atoms with Crippen LogP contribution in [0.1, 0.15) is 12.5 Å². The van der Waals surface area contributed by atoms with E-state index in [-0.39, 0.29) is 22.9 Å². The number of hydrogen-bond donors (Lipinski definition) is 1. The van der Waals surface area contributed by atoms with E-state index in [2.05, 4.69) is 20.7 Å². The summed E-state index contributed by atoms with van der Waals surface area (Å²) in [7, 11) is -3.81. The van der Waals surface area contributed by atoms with E-state index >= 15 is 0 Å². The van der Waals surface area contributed by atoms with Gasteiger partial charge in [-0.25, -0.2) is 17.5 Å². The first kappa shape index (κ1) is 13.9. The SMILES string of the molecule is CCNS(=O)(=O)c1cc(Br)cc(CCl)c1F. The maximum Gasteiger partial charge on any atom is 0.243 e. The van der Waals surface area contributed by atoms with Gasteiger partial charge in [-0.15, -0.1) is 11.6 Å². The lowest BCUT2D eigenvalue weighted by molar-refractivity contribution is 0.553. The Morgan fingerprint density at radius 1 is 1.50 bits per heavy atom. The largest absolute Gasteiger partial charge is 0.243 e. The molecule has 0 bridgehead atoms. The molecule has 1 N–H and O–H groups in total. The topological polar surface area (TPSA) is 46.2 Å². The molecular formula is C9H10BrClFNO2S. The highest BCUT2D eigenvalue weighted by molar-refractivity contribution is 9.10. The van der Waals surface area contributed by atoms with Gasteiger partial charge in [-0.05, 0) is 12.1 Å². The van der Waals surface area contributed by atoms with Crippen LogP contribution in [-0.4, -0.2) is 15.0 Å². The third-order valence-corrected chi connectivity index (χ3v) is 4.14. The summed E-state index contributed by atoms with van der Waals surface area (Å²) in [5.74, 6) is -0.890. The Morgan fingerprint density at radius 3 is 2.62 bits per heavy atom. The van der Waals surface area contributed by atoms with E-state index in [4.69, 9.17) is 11.6 Å². The summed E-state index contributed by atoms with van der Waals surface area (Å²) >= 11 is 8.64. The first-order valence-corrected chi connectivity index (χ1v) is 7.27. The summed E-state index contributed by atoms with van der Waals surface area (Å²) in [6.07, 6.45) is 0. The fraction of sp³-hybridized carbons (Fsp3) is 0.333.